The largest absolute Gasteiger partial charge is 0.481 e. The molecule has 0 aromatic heterocycles. The fraction of sp³-hybridized carbons (Fsp3) is 0.846. The van der Waals surface area contributed by atoms with Crippen LogP contribution >= 0.6 is 11.8 Å². The molecule has 1 saturated heterocycles. The van der Waals surface area contributed by atoms with Crippen molar-refractivity contribution in [2.45, 2.75) is 39.2 Å². The summed E-state index contributed by atoms with van der Waals surface area (Å²) in [6, 6.07) is -0.201. The Kier molecular flexibility index (Phi) is 6.13. The summed E-state index contributed by atoms with van der Waals surface area (Å²) >= 11 is 1.71. The molecular formula is C13H24N2O3S. The van der Waals surface area contributed by atoms with Gasteiger partial charge in [0, 0.05) is 24.6 Å². The first kappa shape index (κ1) is 16.3. The molecule has 1 fully saturated rings. The van der Waals surface area contributed by atoms with Crippen LogP contribution in [0.5, 0.6) is 0 Å². The van der Waals surface area contributed by atoms with E-state index in [-0.39, 0.29) is 18.4 Å². The standard InChI is InChI=1S/C13H24N2O3S/c1-3-13(4-2,9-14)12(18)15-5-6-19-8-10(15)7-11(16)17/h10H,3-9,14H2,1-2H3,(H,16,17). The smallest absolute Gasteiger partial charge is 0.305 e. The van der Waals surface area contributed by atoms with E-state index in [2.05, 4.69) is 0 Å². The second-order valence-corrected chi connectivity index (χ2v) is 6.17. The average molecular weight is 288 g/mol. The van der Waals surface area contributed by atoms with Gasteiger partial charge in [-0.05, 0) is 12.8 Å². The quantitative estimate of drug-likeness (QED) is 0.766. The number of carbonyl (C=O) groups excluding carboxylic acids is 1. The molecule has 1 amide bonds. The molecule has 0 aromatic carbocycles. The van der Waals surface area contributed by atoms with Crippen molar-refractivity contribution in [3.05, 3.63) is 0 Å². The monoisotopic (exact) mass is 288 g/mol. The van der Waals surface area contributed by atoms with Gasteiger partial charge in [0.15, 0.2) is 0 Å². The molecule has 6 heteroatoms. The third kappa shape index (κ3) is 3.63. The molecule has 3 N–H and O–H groups in total. The van der Waals surface area contributed by atoms with E-state index < -0.39 is 11.4 Å². The molecular weight excluding hydrogens is 264 g/mol. The maximum absolute atomic E-state index is 12.7. The maximum Gasteiger partial charge on any atom is 0.305 e. The van der Waals surface area contributed by atoms with Gasteiger partial charge in [-0.3, -0.25) is 9.59 Å². The Morgan fingerprint density at radius 3 is 2.53 bits per heavy atom. The van der Waals surface area contributed by atoms with E-state index in [1.165, 1.54) is 0 Å². The molecule has 110 valence electrons. The van der Waals surface area contributed by atoms with Gasteiger partial charge in [0.2, 0.25) is 5.91 Å². The minimum absolute atomic E-state index is 0.0207. The zero-order valence-electron chi connectivity index (χ0n) is 11.7. The number of aliphatic carboxylic acids is 1. The van der Waals surface area contributed by atoms with E-state index in [9.17, 15) is 9.59 Å². The normalized spacial score (nSPS) is 20.4. The summed E-state index contributed by atoms with van der Waals surface area (Å²) in [5.41, 5.74) is 5.29. The van der Waals surface area contributed by atoms with Crippen molar-refractivity contribution in [2.24, 2.45) is 11.1 Å². The number of nitrogens with zero attached hydrogens (tertiary/aromatic N) is 1. The molecule has 0 radical (unpaired) electrons. The van der Waals surface area contributed by atoms with Crippen molar-refractivity contribution in [1.82, 2.24) is 4.90 Å². The molecule has 1 unspecified atom stereocenters. The molecule has 0 bridgehead atoms. The highest BCUT2D eigenvalue weighted by Gasteiger charge is 2.40. The number of rotatable bonds is 6. The Bertz CT molecular complexity index is 324. The van der Waals surface area contributed by atoms with Gasteiger partial charge in [0.05, 0.1) is 17.9 Å². The summed E-state index contributed by atoms with van der Waals surface area (Å²) < 4.78 is 0. The van der Waals surface area contributed by atoms with Crippen molar-refractivity contribution < 1.29 is 14.7 Å². The zero-order valence-corrected chi connectivity index (χ0v) is 12.5. The maximum atomic E-state index is 12.7. The van der Waals surface area contributed by atoms with Gasteiger partial charge in [-0.15, -0.1) is 0 Å². The van der Waals surface area contributed by atoms with Crippen LogP contribution in [0.1, 0.15) is 33.1 Å². The lowest BCUT2D eigenvalue weighted by Crippen LogP contribution is -2.54. The van der Waals surface area contributed by atoms with E-state index in [0.717, 1.165) is 5.75 Å². The fourth-order valence-corrected chi connectivity index (χ4v) is 3.59. The highest BCUT2D eigenvalue weighted by molar-refractivity contribution is 7.99. The fourth-order valence-electron chi connectivity index (χ4n) is 2.53. The molecule has 19 heavy (non-hydrogen) atoms. The van der Waals surface area contributed by atoms with E-state index in [1.807, 2.05) is 13.8 Å². The Morgan fingerprint density at radius 1 is 1.42 bits per heavy atom. The van der Waals surface area contributed by atoms with Crippen LogP contribution in [-0.2, 0) is 9.59 Å². The summed E-state index contributed by atoms with van der Waals surface area (Å²) in [4.78, 5) is 25.4. The average Bonchev–Trinajstić information content (AvgIpc) is 2.41. The van der Waals surface area contributed by atoms with Gasteiger partial charge < -0.3 is 15.7 Å². The minimum atomic E-state index is -0.850. The van der Waals surface area contributed by atoms with Crippen LogP contribution < -0.4 is 5.73 Å². The number of hydrogen-bond acceptors (Lipinski definition) is 4. The van der Waals surface area contributed by atoms with Crippen molar-refractivity contribution in [1.29, 1.82) is 0 Å². The highest BCUT2D eigenvalue weighted by Crippen LogP contribution is 2.31. The Balaban J connectivity index is 2.89. The van der Waals surface area contributed by atoms with Gasteiger partial charge in [0.1, 0.15) is 0 Å². The Labute approximate surface area is 118 Å². The van der Waals surface area contributed by atoms with Gasteiger partial charge in [-0.25, -0.2) is 0 Å². The van der Waals surface area contributed by atoms with Crippen LogP contribution in [0.4, 0.5) is 0 Å². The molecule has 0 aliphatic carbocycles. The third-order valence-electron chi connectivity index (χ3n) is 4.10. The van der Waals surface area contributed by atoms with Crippen molar-refractivity contribution in [3.63, 3.8) is 0 Å². The lowest BCUT2D eigenvalue weighted by molar-refractivity contribution is -0.146. The second-order valence-electron chi connectivity index (χ2n) is 5.02. The number of nitrogens with two attached hydrogens (primary N) is 1. The highest BCUT2D eigenvalue weighted by atomic mass is 32.2. The predicted molar refractivity (Wildman–Crippen MR) is 77.1 cm³/mol. The van der Waals surface area contributed by atoms with Crippen LogP contribution in [0.2, 0.25) is 0 Å². The third-order valence-corrected chi connectivity index (χ3v) is 5.19. The van der Waals surface area contributed by atoms with Crippen LogP contribution in [-0.4, -0.2) is 52.5 Å². The molecule has 1 aliphatic heterocycles. The van der Waals surface area contributed by atoms with Gasteiger partial charge in [-0.2, -0.15) is 11.8 Å². The van der Waals surface area contributed by atoms with Crippen LogP contribution in [0.3, 0.4) is 0 Å². The van der Waals surface area contributed by atoms with E-state index >= 15 is 0 Å². The van der Waals surface area contributed by atoms with Crippen molar-refractivity contribution >= 4 is 23.6 Å². The lowest BCUT2D eigenvalue weighted by Gasteiger charge is -2.41. The minimum Gasteiger partial charge on any atom is -0.481 e. The summed E-state index contributed by atoms with van der Waals surface area (Å²) in [6.07, 6.45) is 1.41. The molecule has 0 aromatic rings. The van der Waals surface area contributed by atoms with E-state index in [0.29, 0.717) is 31.7 Å². The number of carboxylic acids is 1. The van der Waals surface area contributed by atoms with Crippen molar-refractivity contribution in [3.8, 4) is 0 Å². The first-order valence-corrected chi connectivity index (χ1v) is 7.97. The number of hydrogen-bond donors (Lipinski definition) is 2. The van der Waals surface area contributed by atoms with Crippen LogP contribution in [0.25, 0.3) is 0 Å². The Hall–Kier alpha value is -0.750. The molecule has 0 saturated carbocycles. The molecule has 1 aliphatic rings. The summed E-state index contributed by atoms with van der Waals surface area (Å²) in [5, 5.41) is 8.97. The number of carboxylic acid groups (broad SMARTS) is 1. The summed E-state index contributed by atoms with van der Waals surface area (Å²) in [7, 11) is 0. The molecule has 1 rings (SSSR count). The molecule has 5 nitrogen and oxygen atoms in total. The Morgan fingerprint density at radius 2 is 2.05 bits per heavy atom. The van der Waals surface area contributed by atoms with Crippen LogP contribution in [0, 0.1) is 5.41 Å². The van der Waals surface area contributed by atoms with Gasteiger partial charge in [-0.1, -0.05) is 13.8 Å². The first-order valence-electron chi connectivity index (χ1n) is 6.81. The topological polar surface area (TPSA) is 83.6 Å². The molecule has 1 atom stereocenters. The van der Waals surface area contributed by atoms with Crippen molar-refractivity contribution in [2.75, 3.05) is 24.6 Å². The van der Waals surface area contributed by atoms with Gasteiger partial charge >= 0.3 is 5.97 Å². The predicted octanol–water partition coefficient (Wildman–Crippen LogP) is 1.17. The van der Waals surface area contributed by atoms with Crippen LogP contribution in [0.15, 0.2) is 0 Å². The SMILES string of the molecule is CCC(CC)(CN)C(=O)N1CCSCC1CC(=O)O. The summed E-state index contributed by atoms with van der Waals surface area (Å²) in [5.74, 6) is 0.755. The second kappa shape index (κ2) is 7.14. The zero-order chi connectivity index (χ0) is 14.5. The van der Waals surface area contributed by atoms with Gasteiger partial charge in [0.25, 0.3) is 0 Å². The van der Waals surface area contributed by atoms with E-state index in [4.69, 9.17) is 10.8 Å². The number of amides is 1. The first-order chi connectivity index (χ1) is 9.00. The molecule has 1 heterocycles. The van der Waals surface area contributed by atoms with E-state index in [1.54, 1.807) is 16.7 Å². The number of thioether (sulfide) groups is 1. The lowest BCUT2D eigenvalue weighted by atomic mass is 9.80. The number of carbonyl (C=O) groups is 2. The molecule has 0 spiro atoms. The summed E-state index contributed by atoms with van der Waals surface area (Å²) in [6.45, 7) is 4.89.